The molecule has 0 amide bonds. The fraction of sp³-hybridized carbons (Fsp3) is 0.533. The van der Waals surface area contributed by atoms with Gasteiger partial charge in [0, 0.05) is 18.6 Å². The maximum atomic E-state index is 8.91. The van der Waals surface area contributed by atoms with Gasteiger partial charge in [-0.15, -0.1) is 0 Å². The Morgan fingerprint density at radius 3 is 3.21 bits per heavy atom. The van der Waals surface area contributed by atoms with Crippen LogP contribution < -0.4 is 4.74 Å². The average molecular weight is 275 g/mol. The Hall–Kier alpha value is -1.18. The molecule has 3 nitrogen and oxygen atoms in total. The molecular formula is C15H17NO2S. The summed E-state index contributed by atoms with van der Waals surface area (Å²) in [5.74, 6) is 3.08. The van der Waals surface area contributed by atoms with Crippen molar-refractivity contribution in [2.24, 2.45) is 0 Å². The van der Waals surface area contributed by atoms with E-state index in [2.05, 4.69) is 6.07 Å². The van der Waals surface area contributed by atoms with Crippen molar-refractivity contribution in [3.63, 3.8) is 0 Å². The van der Waals surface area contributed by atoms with Gasteiger partial charge in [0.25, 0.3) is 0 Å². The molecule has 0 saturated carbocycles. The first-order valence-corrected chi connectivity index (χ1v) is 7.84. The minimum atomic E-state index is 0.0421. The van der Waals surface area contributed by atoms with Crippen molar-refractivity contribution in [3.05, 3.63) is 29.8 Å². The van der Waals surface area contributed by atoms with E-state index in [-0.39, 0.29) is 11.7 Å². The lowest BCUT2D eigenvalue weighted by Crippen LogP contribution is -2.43. The molecule has 3 rings (SSSR count). The maximum absolute atomic E-state index is 8.91. The Balaban J connectivity index is 1.67. The quantitative estimate of drug-likeness (QED) is 0.832. The minimum absolute atomic E-state index is 0.0421. The van der Waals surface area contributed by atoms with Gasteiger partial charge in [-0.25, -0.2) is 0 Å². The predicted molar refractivity (Wildman–Crippen MR) is 75.4 cm³/mol. The first-order valence-electron chi connectivity index (χ1n) is 6.68. The van der Waals surface area contributed by atoms with E-state index >= 15 is 0 Å². The van der Waals surface area contributed by atoms with Crippen LogP contribution in [0.4, 0.5) is 0 Å². The molecule has 1 spiro atoms. The molecule has 1 aromatic rings. The van der Waals surface area contributed by atoms with Gasteiger partial charge in [-0.1, -0.05) is 6.07 Å². The van der Waals surface area contributed by atoms with Crippen molar-refractivity contribution in [2.45, 2.75) is 31.0 Å². The van der Waals surface area contributed by atoms with Gasteiger partial charge in [0.15, 0.2) is 0 Å². The third-order valence-electron chi connectivity index (χ3n) is 3.78. The van der Waals surface area contributed by atoms with E-state index in [9.17, 15) is 0 Å². The summed E-state index contributed by atoms with van der Waals surface area (Å²) in [6.07, 6.45) is 3.25. The van der Waals surface area contributed by atoms with Gasteiger partial charge in [-0.3, -0.25) is 0 Å². The molecule has 0 aromatic heterocycles. The fourth-order valence-electron chi connectivity index (χ4n) is 2.78. The summed E-state index contributed by atoms with van der Waals surface area (Å²) in [7, 11) is 0. The summed E-state index contributed by atoms with van der Waals surface area (Å²) in [6, 6.07) is 9.55. The highest BCUT2D eigenvalue weighted by molar-refractivity contribution is 7.99. The molecule has 2 unspecified atom stereocenters. The van der Waals surface area contributed by atoms with Crippen LogP contribution in [0.1, 0.15) is 24.8 Å². The predicted octanol–water partition coefficient (Wildman–Crippen LogP) is 2.99. The van der Waals surface area contributed by atoms with Crippen LogP contribution in [-0.2, 0) is 4.74 Å². The van der Waals surface area contributed by atoms with Crippen molar-refractivity contribution in [2.75, 3.05) is 18.1 Å². The van der Waals surface area contributed by atoms with Gasteiger partial charge in [0.05, 0.1) is 23.8 Å². The van der Waals surface area contributed by atoms with Crippen molar-refractivity contribution in [1.29, 1.82) is 5.26 Å². The van der Waals surface area contributed by atoms with E-state index in [0.29, 0.717) is 5.56 Å². The van der Waals surface area contributed by atoms with Crippen LogP contribution in [0.15, 0.2) is 24.3 Å². The second kappa shape index (κ2) is 5.44. The zero-order valence-electron chi connectivity index (χ0n) is 10.8. The lowest BCUT2D eigenvalue weighted by molar-refractivity contribution is -0.0958. The lowest BCUT2D eigenvalue weighted by atomic mass is 9.91. The third-order valence-corrected chi connectivity index (χ3v) is 5.00. The molecule has 0 N–H and O–H groups in total. The highest BCUT2D eigenvalue weighted by Gasteiger charge is 2.41. The molecule has 2 atom stereocenters. The lowest BCUT2D eigenvalue weighted by Gasteiger charge is -2.37. The summed E-state index contributed by atoms with van der Waals surface area (Å²) in [4.78, 5) is 0. The molecule has 2 heterocycles. The summed E-state index contributed by atoms with van der Waals surface area (Å²) in [5, 5.41) is 8.91. The topological polar surface area (TPSA) is 42.2 Å². The van der Waals surface area contributed by atoms with Crippen LogP contribution in [0, 0.1) is 11.3 Å². The van der Waals surface area contributed by atoms with E-state index in [1.807, 2.05) is 30.0 Å². The van der Waals surface area contributed by atoms with Crippen LogP contribution in [0.2, 0.25) is 0 Å². The number of hydrogen-bond acceptors (Lipinski definition) is 4. The van der Waals surface area contributed by atoms with E-state index in [4.69, 9.17) is 14.7 Å². The van der Waals surface area contributed by atoms with Crippen molar-refractivity contribution in [1.82, 2.24) is 0 Å². The largest absolute Gasteiger partial charge is 0.490 e. The number of nitriles is 1. The number of nitrogens with zero attached hydrogens (tertiary/aromatic N) is 1. The summed E-state index contributed by atoms with van der Waals surface area (Å²) in [6.45, 7) is 0.781. The van der Waals surface area contributed by atoms with Crippen molar-refractivity contribution >= 4 is 11.8 Å². The van der Waals surface area contributed by atoms with Crippen LogP contribution in [0.25, 0.3) is 0 Å². The SMILES string of the molecule is N#Cc1cccc(OC2CCOC3(CCSC3)C2)c1. The molecule has 100 valence electrons. The highest BCUT2D eigenvalue weighted by atomic mass is 32.2. The van der Waals surface area contributed by atoms with Gasteiger partial charge in [0.1, 0.15) is 11.9 Å². The van der Waals surface area contributed by atoms with Crippen LogP contribution >= 0.6 is 11.8 Å². The average Bonchev–Trinajstić information content (AvgIpc) is 2.87. The normalized spacial score (nSPS) is 30.2. The summed E-state index contributed by atoms with van der Waals surface area (Å²) < 4.78 is 12.0. The minimum Gasteiger partial charge on any atom is -0.490 e. The second-order valence-corrected chi connectivity index (χ2v) is 6.31. The molecular weight excluding hydrogens is 258 g/mol. The Morgan fingerprint density at radius 1 is 1.47 bits per heavy atom. The molecule has 2 saturated heterocycles. The Morgan fingerprint density at radius 2 is 2.42 bits per heavy atom. The monoisotopic (exact) mass is 275 g/mol. The fourth-order valence-corrected chi connectivity index (χ4v) is 4.16. The smallest absolute Gasteiger partial charge is 0.121 e. The first kappa shape index (κ1) is 12.8. The van der Waals surface area contributed by atoms with Gasteiger partial charge in [-0.05, 0) is 30.4 Å². The third kappa shape index (κ3) is 2.88. The van der Waals surface area contributed by atoms with Crippen LogP contribution in [0.5, 0.6) is 5.75 Å². The van der Waals surface area contributed by atoms with Gasteiger partial charge >= 0.3 is 0 Å². The molecule has 0 aliphatic carbocycles. The molecule has 4 heteroatoms. The number of thioether (sulfide) groups is 1. The number of hydrogen-bond donors (Lipinski definition) is 0. The Labute approximate surface area is 117 Å². The van der Waals surface area contributed by atoms with Gasteiger partial charge in [0.2, 0.25) is 0 Å². The summed E-state index contributed by atoms with van der Waals surface area (Å²) >= 11 is 1.97. The van der Waals surface area contributed by atoms with Crippen molar-refractivity contribution in [3.8, 4) is 11.8 Å². The Kier molecular flexibility index (Phi) is 3.67. The molecule has 2 aliphatic heterocycles. The van der Waals surface area contributed by atoms with E-state index < -0.39 is 0 Å². The number of rotatable bonds is 2. The summed E-state index contributed by atoms with van der Waals surface area (Å²) in [5.41, 5.74) is 0.691. The molecule has 19 heavy (non-hydrogen) atoms. The first-order chi connectivity index (χ1) is 9.30. The second-order valence-electron chi connectivity index (χ2n) is 5.21. The maximum Gasteiger partial charge on any atom is 0.121 e. The standard InChI is InChI=1S/C15H17NO2S/c16-10-12-2-1-3-13(8-12)18-14-4-6-17-15(9-14)5-7-19-11-15/h1-3,8,14H,4-7,9,11H2. The Bertz CT molecular complexity index is 491. The molecule has 2 fully saturated rings. The van der Waals surface area contributed by atoms with Crippen LogP contribution in [-0.4, -0.2) is 29.8 Å². The van der Waals surface area contributed by atoms with Crippen LogP contribution in [0.3, 0.4) is 0 Å². The number of benzene rings is 1. The zero-order chi connectivity index (χ0) is 13.1. The van der Waals surface area contributed by atoms with E-state index in [0.717, 1.165) is 37.4 Å². The molecule has 1 aromatic carbocycles. The van der Waals surface area contributed by atoms with Gasteiger partial charge in [-0.2, -0.15) is 17.0 Å². The molecule has 0 bridgehead atoms. The van der Waals surface area contributed by atoms with E-state index in [1.165, 1.54) is 5.75 Å². The van der Waals surface area contributed by atoms with E-state index in [1.54, 1.807) is 6.07 Å². The number of ether oxygens (including phenoxy) is 2. The molecule has 0 radical (unpaired) electrons. The van der Waals surface area contributed by atoms with Crippen molar-refractivity contribution < 1.29 is 9.47 Å². The zero-order valence-corrected chi connectivity index (χ0v) is 11.6. The highest BCUT2D eigenvalue weighted by Crippen LogP contribution is 2.39. The van der Waals surface area contributed by atoms with Gasteiger partial charge < -0.3 is 9.47 Å². The molecule has 2 aliphatic rings.